The van der Waals surface area contributed by atoms with Crippen molar-refractivity contribution in [3.05, 3.63) is 101 Å². The molecule has 0 aliphatic heterocycles. The first kappa shape index (κ1) is 17.4. The molecule has 0 spiro atoms. The van der Waals surface area contributed by atoms with E-state index >= 15 is 0 Å². The third-order valence-electron chi connectivity index (χ3n) is 6.47. The van der Waals surface area contributed by atoms with E-state index in [1.165, 1.54) is 6.92 Å². The van der Waals surface area contributed by atoms with Crippen LogP contribution in [0.5, 0.6) is 0 Å². The summed E-state index contributed by atoms with van der Waals surface area (Å²) in [6, 6.07) is 24.4. The lowest BCUT2D eigenvalue weighted by Gasteiger charge is -2.51. The summed E-state index contributed by atoms with van der Waals surface area (Å²) in [5.41, 5.74) is 4.22. The van der Waals surface area contributed by atoms with Crippen LogP contribution in [-0.4, -0.2) is 18.9 Å². The molecule has 3 aliphatic rings. The van der Waals surface area contributed by atoms with Gasteiger partial charge in [0, 0.05) is 11.8 Å². The molecule has 0 N–H and O–H groups in total. The number of rotatable bonds is 3. The summed E-state index contributed by atoms with van der Waals surface area (Å²) in [4.78, 5) is 13.4. The predicted octanol–water partition coefficient (Wildman–Crippen LogP) is 4.47. The van der Waals surface area contributed by atoms with Crippen LogP contribution in [0.1, 0.15) is 47.4 Å². The highest BCUT2D eigenvalue weighted by Gasteiger charge is 2.62. The molecule has 6 rings (SSSR count). The molecule has 3 aromatic rings. The van der Waals surface area contributed by atoms with Gasteiger partial charge in [0.1, 0.15) is 4.75 Å². The topological polar surface area (TPSA) is 51.2 Å². The van der Waals surface area contributed by atoms with Crippen molar-refractivity contribution in [2.45, 2.75) is 34.8 Å². The smallest absolute Gasteiger partial charge is 0.192 e. The van der Waals surface area contributed by atoms with Crippen LogP contribution in [0.25, 0.3) is 0 Å². The van der Waals surface area contributed by atoms with Crippen molar-refractivity contribution in [2.75, 3.05) is 0 Å². The van der Waals surface area contributed by atoms with Gasteiger partial charge in [-0.3, -0.25) is 4.79 Å². The zero-order valence-corrected chi connectivity index (χ0v) is 16.3. The van der Waals surface area contributed by atoms with E-state index in [4.69, 9.17) is 0 Å². The summed E-state index contributed by atoms with van der Waals surface area (Å²) in [7, 11) is -3.89. The van der Waals surface area contributed by atoms with Gasteiger partial charge >= 0.3 is 0 Å². The van der Waals surface area contributed by atoms with Gasteiger partial charge in [0.05, 0.1) is 4.90 Å². The number of sulfone groups is 1. The van der Waals surface area contributed by atoms with E-state index in [0.29, 0.717) is 0 Å². The first-order valence-electron chi connectivity index (χ1n) is 9.47. The van der Waals surface area contributed by atoms with Crippen molar-refractivity contribution in [2.24, 2.45) is 0 Å². The van der Waals surface area contributed by atoms with Gasteiger partial charge in [-0.05, 0) is 47.7 Å². The fourth-order valence-corrected chi connectivity index (χ4v) is 7.54. The van der Waals surface area contributed by atoms with Crippen LogP contribution < -0.4 is 0 Å². The number of benzene rings is 3. The maximum atomic E-state index is 13.9. The van der Waals surface area contributed by atoms with Crippen molar-refractivity contribution < 1.29 is 13.2 Å². The SMILES string of the molecule is CC(=O)C1(S(=O)(=O)c2ccccc2)CC2c3ccccc3C1c1ccccc12. The molecule has 4 heteroatoms. The molecule has 2 bridgehead atoms. The molecule has 0 saturated carbocycles. The van der Waals surface area contributed by atoms with Gasteiger partial charge in [0.2, 0.25) is 0 Å². The molecule has 28 heavy (non-hydrogen) atoms. The van der Waals surface area contributed by atoms with Crippen molar-refractivity contribution in [1.82, 2.24) is 0 Å². The first-order chi connectivity index (χ1) is 13.5. The minimum absolute atomic E-state index is 0.0974. The minimum atomic E-state index is -3.89. The molecule has 3 nitrogen and oxygen atoms in total. The molecule has 1 unspecified atom stereocenters. The van der Waals surface area contributed by atoms with Crippen LogP contribution in [0, 0.1) is 0 Å². The summed E-state index contributed by atoms with van der Waals surface area (Å²) in [6.07, 6.45) is 0.290. The number of Topliss-reactive ketones (excluding diaryl/α,β-unsaturated/α-hetero) is 1. The maximum absolute atomic E-state index is 13.9. The molecule has 3 aromatic carbocycles. The van der Waals surface area contributed by atoms with Gasteiger partial charge < -0.3 is 0 Å². The number of fused-ring (bicyclic) bond motifs is 1. The van der Waals surface area contributed by atoms with Crippen molar-refractivity contribution in [3.8, 4) is 0 Å². The first-order valence-corrected chi connectivity index (χ1v) is 10.9. The monoisotopic (exact) mass is 388 g/mol. The van der Waals surface area contributed by atoms with E-state index in [9.17, 15) is 13.2 Å². The summed E-state index contributed by atoms with van der Waals surface area (Å²) in [5.74, 6) is -0.872. The van der Waals surface area contributed by atoms with Crippen molar-refractivity contribution in [1.29, 1.82) is 0 Å². The number of hydrogen-bond acceptors (Lipinski definition) is 3. The van der Waals surface area contributed by atoms with E-state index in [2.05, 4.69) is 12.1 Å². The van der Waals surface area contributed by atoms with Gasteiger partial charge in [-0.15, -0.1) is 0 Å². The van der Waals surface area contributed by atoms with E-state index in [1.807, 2.05) is 36.4 Å². The average Bonchev–Trinajstić information content (AvgIpc) is 2.74. The normalized spacial score (nSPS) is 25.0. The van der Waals surface area contributed by atoms with Gasteiger partial charge in [0.15, 0.2) is 15.6 Å². The Morgan fingerprint density at radius 2 is 1.25 bits per heavy atom. The van der Waals surface area contributed by atoms with Gasteiger partial charge in [-0.2, -0.15) is 0 Å². The summed E-state index contributed by atoms with van der Waals surface area (Å²) in [5, 5.41) is 0. The third-order valence-corrected chi connectivity index (χ3v) is 9.01. The predicted molar refractivity (Wildman–Crippen MR) is 108 cm³/mol. The van der Waals surface area contributed by atoms with Gasteiger partial charge in [-0.1, -0.05) is 66.7 Å². The second-order valence-corrected chi connectivity index (χ2v) is 9.92. The molecule has 140 valence electrons. The quantitative estimate of drug-likeness (QED) is 0.665. The van der Waals surface area contributed by atoms with Crippen molar-refractivity contribution in [3.63, 3.8) is 0 Å². The zero-order chi connectivity index (χ0) is 19.5. The third kappa shape index (κ3) is 2.04. The Kier molecular flexibility index (Phi) is 3.65. The highest BCUT2D eigenvalue weighted by Crippen LogP contribution is 2.60. The summed E-state index contributed by atoms with van der Waals surface area (Å²) >= 11 is 0. The molecular formula is C24H20O3S. The molecule has 0 amide bonds. The highest BCUT2D eigenvalue weighted by atomic mass is 32.2. The van der Waals surface area contributed by atoms with E-state index in [-0.39, 0.29) is 23.0 Å². The Balaban J connectivity index is 1.86. The maximum Gasteiger partial charge on any atom is 0.192 e. The zero-order valence-electron chi connectivity index (χ0n) is 15.5. The fraction of sp³-hybridized carbons (Fsp3) is 0.208. The number of ketones is 1. The van der Waals surface area contributed by atoms with Crippen LogP contribution in [0.15, 0.2) is 83.8 Å². The van der Waals surface area contributed by atoms with Crippen LogP contribution in [0.4, 0.5) is 0 Å². The molecule has 0 radical (unpaired) electrons. The average molecular weight is 388 g/mol. The Morgan fingerprint density at radius 3 is 1.75 bits per heavy atom. The molecule has 0 saturated heterocycles. The largest absolute Gasteiger partial charge is 0.298 e. The molecule has 1 atom stereocenters. The van der Waals surface area contributed by atoms with Crippen LogP contribution >= 0.6 is 0 Å². The van der Waals surface area contributed by atoms with Crippen LogP contribution in [0.2, 0.25) is 0 Å². The lowest BCUT2D eigenvalue weighted by Crippen LogP contribution is -2.56. The summed E-state index contributed by atoms with van der Waals surface area (Å²) < 4.78 is 26.4. The van der Waals surface area contributed by atoms with Crippen LogP contribution in [-0.2, 0) is 14.6 Å². The Morgan fingerprint density at radius 1 is 0.786 bits per heavy atom. The lowest BCUT2D eigenvalue weighted by molar-refractivity contribution is -0.120. The second-order valence-electron chi connectivity index (χ2n) is 7.71. The molecule has 0 heterocycles. The van der Waals surface area contributed by atoms with E-state index < -0.39 is 20.5 Å². The van der Waals surface area contributed by atoms with Gasteiger partial charge in [-0.25, -0.2) is 8.42 Å². The minimum Gasteiger partial charge on any atom is -0.298 e. The number of carbonyl (C=O) groups excluding carboxylic acids is 1. The standard InChI is InChI=1S/C24H20O3S/c1-16(25)24(28(26,27)17-9-3-2-4-10-17)15-22-18-11-5-7-13-20(18)23(24)21-14-8-6-12-19(21)22/h2-14,22-23H,15H2,1H3. The van der Waals surface area contributed by atoms with Gasteiger partial charge in [0.25, 0.3) is 0 Å². The second kappa shape index (κ2) is 5.89. The molecular weight excluding hydrogens is 368 g/mol. The highest BCUT2D eigenvalue weighted by molar-refractivity contribution is 7.93. The Bertz CT molecular complexity index is 1150. The molecule has 0 fully saturated rings. The number of hydrogen-bond donors (Lipinski definition) is 0. The Hall–Kier alpha value is -2.72. The van der Waals surface area contributed by atoms with E-state index in [1.54, 1.807) is 30.3 Å². The molecule has 0 aromatic heterocycles. The van der Waals surface area contributed by atoms with E-state index in [0.717, 1.165) is 22.3 Å². The van der Waals surface area contributed by atoms with Crippen molar-refractivity contribution >= 4 is 15.6 Å². The number of carbonyl (C=O) groups is 1. The van der Waals surface area contributed by atoms with Crippen LogP contribution in [0.3, 0.4) is 0 Å². The fourth-order valence-electron chi connectivity index (χ4n) is 5.27. The lowest BCUT2D eigenvalue weighted by atomic mass is 9.58. The molecule has 3 aliphatic carbocycles. The Labute approximate surface area is 165 Å². The summed E-state index contributed by atoms with van der Waals surface area (Å²) in [6.45, 7) is 1.44.